The minimum Gasteiger partial charge on any atom is -0.310 e. The number of hydrogen-bond acceptors (Lipinski definition) is 3. The summed E-state index contributed by atoms with van der Waals surface area (Å²) < 4.78 is 12.8. The van der Waals surface area contributed by atoms with Crippen molar-refractivity contribution in [2.45, 2.75) is 25.7 Å². The molecule has 0 radical (unpaired) electrons. The average molecular weight is 250 g/mol. The molecule has 1 saturated heterocycles. The number of ketones is 1. The van der Waals surface area contributed by atoms with E-state index in [-0.39, 0.29) is 17.5 Å². The first kappa shape index (κ1) is 12.3. The van der Waals surface area contributed by atoms with E-state index < -0.39 is 7.14 Å². The fourth-order valence-corrected chi connectivity index (χ4v) is 4.57. The van der Waals surface area contributed by atoms with Crippen molar-refractivity contribution in [3.05, 3.63) is 30.3 Å². The summed E-state index contributed by atoms with van der Waals surface area (Å²) in [6, 6.07) is 8.70. The topological polar surface area (TPSA) is 51.2 Å². The van der Waals surface area contributed by atoms with E-state index in [4.69, 9.17) is 0 Å². The first-order valence-electron chi connectivity index (χ1n) is 5.83. The lowest BCUT2D eigenvalue weighted by Crippen LogP contribution is -2.21. The van der Waals surface area contributed by atoms with Crippen LogP contribution >= 0.6 is 7.14 Å². The van der Waals surface area contributed by atoms with Crippen LogP contribution < -0.4 is 5.30 Å². The van der Waals surface area contributed by atoms with Gasteiger partial charge in [0.15, 0.2) is 12.7 Å². The lowest BCUT2D eigenvalue weighted by atomic mass is 10.1. The van der Waals surface area contributed by atoms with Gasteiger partial charge in [-0.05, 0) is 12.8 Å². The first-order chi connectivity index (χ1) is 8.13. The van der Waals surface area contributed by atoms with Crippen LogP contribution in [-0.4, -0.2) is 17.5 Å². The van der Waals surface area contributed by atoms with Crippen molar-refractivity contribution < 1.29 is 14.2 Å². The summed E-state index contributed by atoms with van der Waals surface area (Å²) in [6.45, 7) is 0. The van der Waals surface area contributed by atoms with Gasteiger partial charge in [0, 0.05) is 18.1 Å². The molecule has 1 atom stereocenters. The highest BCUT2D eigenvalue weighted by Gasteiger charge is 2.36. The SMILES string of the molecule is O=C1CCCCC(=O)P(=O)(c2ccccc2)C1. The Balaban J connectivity index is 2.40. The molecule has 1 aromatic carbocycles. The Hall–Kier alpha value is -1.21. The average Bonchev–Trinajstić information content (AvgIpc) is 2.34. The highest BCUT2D eigenvalue weighted by Crippen LogP contribution is 2.47. The predicted octanol–water partition coefficient (Wildman–Crippen LogP) is 2.34. The summed E-state index contributed by atoms with van der Waals surface area (Å²) in [5.41, 5.74) is -0.239. The summed E-state index contributed by atoms with van der Waals surface area (Å²) in [5.74, 6) is -0.0507. The third-order valence-electron chi connectivity index (χ3n) is 3.07. The van der Waals surface area contributed by atoms with Gasteiger partial charge in [0.2, 0.25) is 0 Å². The third-order valence-corrected chi connectivity index (χ3v) is 6.03. The van der Waals surface area contributed by atoms with Crippen molar-refractivity contribution in [3.8, 4) is 0 Å². The second-order valence-corrected chi connectivity index (χ2v) is 7.18. The highest BCUT2D eigenvalue weighted by atomic mass is 31.2. The Morgan fingerprint density at radius 3 is 2.29 bits per heavy atom. The Kier molecular flexibility index (Phi) is 3.58. The Morgan fingerprint density at radius 1 is 0.941 bits per heavy atom. The largest absolute Gasteiger partial charge is 0.310 e. The molecule has 90 valence electrons. The van der Waals surface area contributed by atoms with Crippen LogP contribution in [0.3, 0.4) is 0 Å². The molecule has 4 heteroatoms. The zero-order valence-corrected chi connectivity index (χ0v) is 10.5. The second kappa shape index (κ2) is 4.97. The lowest BCUT2D eigenvalue weighted by Gasteiger charge is -2.19. The number of Topliss-reactive ketones (excluding diaryl/α,β-unsaturated/α-hetero) is 1. The van der Waals surface area contributed by atoms with E-state index >= 15 is 0 Å². The fourth-order valence-electron chi connectivity index (χ4n) is 2.10. The van der Waals surface area contributed by atoms with Gasteiger partial charge in [-0.3, -0.25) is 9.59 Å². The molecule has 0 amide bonds. The molecule has 1 aromatic rings. The molecule has 0 N–H and O–H groups in total. The van der Waals surface area contributed by atoms with Crippen molar-refractivity contribution >= 4 is 23.8 Å². The molecular formula is C13H15O3P. The summed E-state index contributed by atoms with van der Waals surface area (Å²) in [4.78, 5) is 23.7. The van der Waals surface area contributed by atoms with Gasteiger partial charge < -0.3 is 4.57 Å². The van der Waals surface area contributed by atoms with Crippen LogP contribution in [0.1, 0.15) is 25.7 Å². The monoisotopic (exact) mass is 250 g/mol. The van der Waals surface area contributed by atoms with Crippen molar-refractivity contribution in [1.29, 1.82) is 0 Å². The smallest absolute Gasteiger partial charge is 0.196 e. The maximum absolute atomic E-state index is 12.8. The molecule has 1 heterocycles. The molecule has 1 aliphatic rings. The zero-order chi connectivity index (χ0) is 12.3. The van der Waals surface area contributed by atoms with Crippen molar-refractivity contribution in [2.24, 2.45) is 0 Å². The van der Waals surface area contributed by atoms with E-state index in [1.54, 1.807) is 24.3 Å². The Labute approximate surface area is 101 Å². The fraction of sp³-hybridized carbons (Fsp3) is 0.385. The molecule has 0 bridgehead atoms. The quantitative estimate of drug-likeness (QED) is 0.719. The normalized spacial score (nSPS) is 26.4. The van der Waals surface area contributed by atoms with Gasteiger partial charge >= 0.3 is 0 Å². The van der Waals surface area contributed by atoms with Crippen LogP contribution in [-0.2, 0) is 14.2 Å². The predicted molar refractivity (Wildman–Crippen MR) is 67.0 cm³/mol. The Bertz CT molecular complexity index is 479. The molecule has 1 unspecified atom stereocenters. The molecule has 0 spiro atoms. The summed E-state index contributed by atoms with van der Waals surface area (Å²) in [5, 5.41) is 0.528. The maximum Gasteiger partial charge on any atom is 0.196 e. The van der Waals surface area contributed by atoms with Crippen LogP contribution in [0.5, 0.6) is 0 Å². The first-order valence-corrected chi connectivity index (χ1v) is 7.72. The van der Waals surface area contributed by atoms with E-state index in [0.29, 0.717) is 24.6 Å². The van der Waals surface area contributed by atoms with Gasteiger partial charge in [-0.25, -0.2) is 0 Å². The third kappa shape index (κ3) is 2.55. The maximum atomic E-state index is 12.8. The number of hydrogen-bond donors (Lipinski definition) is 0. The number of benzene rings is 1. The van der Waals surface area contributed by atoms with E-state index in [1.165, 1.54) is 0 Å². The van der Waals surface area contributed by atoms with Gasteiger partial charge in [0.1, 0.15) is 5.78 Å². The van der Waals surface area contributed by atoms with Crippen LogP contribution in [0.4, 0.5) is 0 Å². The molecule has 1 fully saturated rings. The molecule has 0 aliphatic carbocycles. The van der Waals surface area contributed by atoms with E-state index in [1.807, 2.05) is 6.07 Å². The minimum atomic E-state index is -3.17. The van der Waals surface area contributed by atoms with E-state index in [9.17, 15) is 14.2 Å². The van der Waals surface area contributed by atoms with Crippen LogP contribution in [0, 0.1) is 0 Å². The van der Waals surface area contributed by atoms with Crippen LogP contribution in [0.25, 0.3) is 0 Å². The molecule has 3 nitrogen and oxygen atoms in total. The minimum absolute atomic E-state index is 0.0507. The van der Waals surface area contributed by atoms with Crippen LogP contribution in [0.15, 0.2) is 30.3 Å². The number of rotatable bonds is 1. The molecule has 0 saturated carbocycles. The van der Waals surface area contributed by atoms with Crippen LogP contribution in [0.2, 0.25) is 0 Å². The van der Waals surface area contributed by atoms with E-state index in [2.05, 4.69) is 0 Å². The van der Waals surface area contributed by atoms with Crippen molar-refractivity contribution in [3.63, 3.8) is 0 Å². The van der Waals surface area contributed by atoms with Gasteiger partial charge in [0.05, 0.1) is 6.16 Å². The van der Waals surface area contributed by atoms with Gasteiger partial charge in [-0.2, -0.15) is 0 Å². The molecule has 2 rings (SSSR count). The summed E-state index contributed by atoms with van der Waals surface area (Å²) in [6.07, 6.45) is 2.10. The molecule has 17 heavy (non-hydrogen) atoms. The standard InChI is InChI=1S/C13H15O3P/c14-11-6-4-5-9-13(15)17(16,10-11)12-7-2-1-3-8-12/h1-3,7-8H,4-6,9-10H2. The number of carbonyl (C=O) groups excluding carboxylic acids is 2. The van der Waals surface area contributed by atoms with Crippen molar-refractivity contribution in [1.82, 2.24) is 0 Å². The van der Waals surface area contributed by atoms with Gasteiger partial charge in [0.25, 0.3) is 0 Å². The summed E-state index contributed by atoms with van der Waals surface area (Å²) in [7, 11) is -3.17. The molecule has 0 aromatic heterocycles. The van der Waals surface area contributed by atoms with Gasteiger partial charge in [-0.1, -0.05) is 30.3 Å². The van der Waals surface area contributed by atoms with Crippen molar-refractivity contribution in [2.75, 3.05) is 6.16 Å². The molecule has 1 aliphatic heterocycles. The number of carbonyl (C=O) groups is 2. The zero-order valence-electron chi connectivity index (χ0n) is 9.59. The Morgan fingerprint density at radius 2 is 1.59 bits per heavy atom. The van der Waals surface area contributed by atoms with Gasteiger partial charge in [-0.15, -0.1) is 0 Å². The van der Waals surface area contributed by atoms with E-state index in [0.717, 1.165) is 6.42 Å². The summed E-state index contributed by atoms with van der Waals surface area (Å²) >= 11 is 0. The molecular weight excluding hydrogens is 235 g/mol. The second-order valence-electron chi connectivity index (χ2n) is 4.37. The highest BCUT2D eigenvalue weighted by molar-refractivity contribution is 7.87. The lowest BCUT2D eigenvalue weighted by molar-refractivity contribution is -0.118.